The van der Waals surface area contributed by atoms with Crippen molar-refractivity contribution in [2.24, 2.45) is 0 Å². The summed E-state index contributed by atoms with van der Waals surface area (Å²) in [6.07, 6.45) is 0. The highest BCUT2D eigenvalue weighted by molar-refractivity contribution is 7.24. The molecule has 10 rings (SSSR count). The molecule has 0 fully saturated rings. The van der Waals surface area contributed by atoms with Gasteiger partial charge in [0, 0.05) is 45.7 Å². The van der Waals surface area contributed by atoms with Crippen LogP contribution in [-0.2, 0) is 0 Å². The smallest absolute Gasteiger partial charge is 0.148 e. The third-order valence-electron chi connectivity index (χ3n) is 9.13. The summed E-state index contributed by atoms with van der Waals surface area (Å²) >= 11 is 3.51. The van der Waals surface area contributed by atoms with Crippen molar-refractivity contribution in [2.75, 3.05) is 9.80 Å². The molecule has 10 aromatic rings. The van der Waals surface area contributed by atoms with Crippen LogP contribution in [0, 0.1) is 0 Å². The lowest BCUT2D eigenvalue weighted by molar-refractivity contribution is 0.669. The van der Waals surface area contributed by atoms with E-state index >= 15 is 0 Å². The Kier molecular flexibility index (Phi) is 6.82. The van der Waals surface area contributed by atoms with E-state index in [1.807, 2.05) is 24.3 Å². The molecule has 0 aliphatic heterocycles. The minimum Gasteiger partial charge on any atom is -0.455 e. The summed E-state index contributed by atoms with van der Waals surface area (Å²) in [5.41, 5.74) is 10.4. The molecule has 0 N–H and O–H groups in total. The van der Waals surface area contributed by atoms with Gasteiger partial charge in [-0.15, -0.1) is 22.7 Å². The topological polar surface area (TPSA) is 32.8 Å². The largest absolute Gasteiger partial charge is 0.455 e. The van der Waals surface area contributed by atoms with Gasteiger partial charge in [0.15, 0.2) is 0 Å². The first-order valence-electron chi connectivity index (χ1n) is 16.5. The molecule has 4 nitrogen and oxygen atoms in total. The Bertz CT molecular complexity index is 2560. The Morgan fingerprint density at radius 2 is 0.700 bits per heavy atom. The third-order valence-corrected chi connectivity index (χ3v) is 11.4. The maximum absolute atomic E-state index is 6.22. The number of thiophene rings is 2. The van der Waals surface area contributed by atoms with Crippen LogP contribution in [0.5, 0.6) is 0 Å². The molecule has 0 atom stereocenters. The number of rotatable bonds is 7. The molecule has 50 heavy (non-hydrogen) atoms. The van der Waals surface area contributed by atoms with Gasteiger partial charge in [0.25, 0.3) is 0 Å². The van der Waals surface area contributed by atoms with Gasteiger partial charge in [0.2, 0.25) is 0 Å². The molecule has 6 aromatic carbocycles. The lowest BCUT2D eigenvalue weighted by Crippen LogP contribution is -2.08. The second kappa shape index (κ2) is 11.8. The molecule has 0 amide bonds. The van der Waals surface area contributed by atoms with Gasteiger partial charge in [-0.25, -0.2) is 0 Å². The molecule has 0 unspecified atom stereocenters. The van der Waals surface area contributed by atoms with Gasteiger partial charge < -0.3 is 18.6 Å². The fourth-order valence-corrected chi connectivity index (χ4v) is 9.08. The molecular weight excluding hydrogens is 653 g/mol. The minimum absolute atomic E-state index is 0.915. The second-order valence-electron chi connectivity index (χ2n) is 12.2. The van der Waals surface area contributed by atoms with Crippen molar-refractivity contribution in [3.63, 3.8) is 0 Å². The van der Waals surface area contributed by atoms with Gasteiger partial charge in [0.1, 0.15) is 32.3 Å². The summed E-state index contributed by atoms with van der Waals surface area (Å²) in [4.78, 5) is 4.61. The van der Waals surface area contributed by atoms with Gasteiger partial charge in [0.05, 0.1) is 9.40 Å². The van der Waals surface area contributed by atoms with E-state index in [2.05, 4.69) is 155 Å². The van der Waals surface area contributed by atoms with Crippen molar-refractivity contribution < 1.29 is 8.83 Å². The van der Waals surface area contributed by atoms with Crippen LogP contribution in [0.25, 0.3) is 53.6 Å². The molecule has 6 heteroatoms. The first-order chi connectivity index (χ1) is 24.8. The summed E-state index contributed by atoms with van der Waals surface area (Å²) in [7, 11) is 0. The first-order valence-corrected chi connectivity index (χ1v) is 18.1. The zero-order valence-electron chi connectivity index (χ0n) is 26.7. The standard InChI is InChI=1S/C44H28N2O2S2/c1-3-11-31(12-4-1)45(41-27-39-43(49-41)35-15-7-9-17-37(35)47-39)33-23-19-29(20-24-33)30-21-25-34(26-22-30)46(32-13-5-2-6-14-32)42-28-40-44(50-42)36-16-8-10-18-38(36)48-40/h1-28H. The van der Waals surface area contributed by atoms with Gasteiger partial charge in [-0.1, -0.05) is 84.9 Å². The van der Waals surface area contributed by atoms with Crippen molar-refractivity contribution in [1.29, 1.82) is 0 Å². The van der Waals surface area contributed by atoms with Crippen LogP contribution in [0.1, 0.15) is 0 Å². The number of para-hydroxylation sites is 4. The summed E-state index contributed by atoms with van der Waals surface area (Å²) < 4.78 is 14.8. The molecule has 0 bridgehead atoms. The van der Waals surface area contributed by atoms with E-state index in [0.29, 0.717) is 0 Å². The van der Waals surface area contributed by atoms with Gasteiger partial charge in [-0.3, -0.25) is 0 Å². The SMILES string of the molecule is c1ccc(N(c2ccc(-c3ccc(N(c4ccccc4)c4cc5oc6ccccc6c5s4)cc3)cc2)c2cc3oc4ccccc4c3s2)cc1. The summed E-state index contributed by atoms with van der Waals surface area (Å²) in [6, 6.07) is 59.5. The summed E-state index contributed by atoms with van der Waals surface area (Å²) in [6.45, 7) is 0. The van der Waals surface area contributed by atoms with Crippen LogP contribution in [0.2, 0.25) is 0 Å². The zero-order valence-corrected chi connectivity index (χ0v) is 28.3. The molecular formula is C44H28N2O2S2. The number of hydrogen-bond acceptors (Lipinski definition) is 6. The summed E-state index contributed by atoms with van der Waals surface area (Å²) in [5.74, 6) is 0. The normalized spacial score (nSPS) is 11.6. The second-order valence-corrected chi connectivity index (χ2v) is 14.2. The molecule has 4 aromatic heterocycles. The van der Waals surface area contributed by atoms with E-state index in [1.165, 1.54) is 9.40 Å². The Labute approximate surface area is 296 Å². The average Bonchev–Trinajstić information content (AvgIpc) is 3.93. The van der Waals surface area contributed by atoms with Crippen LogP contribution >= 0.6 is 22.7 Å². The zero-order chi connectivity index (χ0) is 33.0. The number of fused-ring (bicyclic) bond motifs is 6. The monoisotopic (exact) mass is 680 g/mol. The number of nitrogens with zero attached hydrogens (tertiary/aromatic N) is 2. The lowest BCUT2D eigenvalue weighted by atomic mass is 10.0. The number of hydrogen-bond donors (Lipinski definition) is 0. The van der Waals surface area contributed by atoms with Crippen molar-refractivity contribution in [3.8, 4) is 11.1 Å². The van der Waals surface area contributed by atoms with E-state index in [9.17, 15) is 0 Å². The van der Waals surface area contributed by atoms with Crippen molar-refractivity contribution in [3.05, 3.63) is 170 Å². The third kappa shape index (κ3) is 4.88. The van der Waals surface area contributed by atoms with E-state index < -0.39 is 0 Å². The van der Waals surface area contributed by atoms with Crippen LogP contribution in [-0.4, -0.2) is 0 Å². The average molecular weight is 681 g/mol. The molecule has 4 heterocycles. The Morgan fingerprint density at radius 1 is 0.340 bits per heavy atom. The molecule has 0 saturated carbocycles. The fraction of sp³-hybridized carbons (Fsp3) is 0. The molecule has 0 saturated heterocycles. The Balaban J connectivity index is 0.990. The number of anilines is 6. The van der Waals surface area contributed by atoms with E-state index in [1.54, 1.807) is 22.7 Å². The number of furan rings is 2. The molecule has 0 aliphatic rings. The first kappa shape index (κ1) is 28.9. The van der Waals surface area contributed by atoms with E-state index in [-0.39, 0.29) is 0 Å². The van der Waals surface area contributed by atoms with Crippen LogP contribution in [0.15, 0.2) is 179 Å². The van der Waals surface area contributed by atoms with E-state index in [0.717, 1.165) is 77.0 Å². The van der Waals surface area contributed by atoms with E-state index in [4.69, 9.17) is 8.83 Å². The van der Waals surface area contributed by atoms with Crippen LogP contribution < -0.4 is 9.80 Å². The van der Waals surface area contributed by atoms with Gasteiger partial charge in [-0.05, 0) is 83.9 Å². The Hall–Kier alpha value is -6.08. The minimum atomic E-state index is 0.915. The highest BCUT2D eigenvalue weighted by Gasteiger charge is 2.20. The molecule has 0 aliphatic carbocycles. The van der Waals surface area contributed by atoms with Gasteiger partial charge in [-0.2, -0.15) is 0 Å². The van der Waals surface area contributed by atoms with Gasteiger partial charge >= 0.3 is 0 Å². The molecule has 0 radical (unpaired) electrons. The molecule has 238 valence electrons. The Morgan fingerprint density at radius 3 is 1.12 bits per heavy atom. The highest BCUT2D eigenvalue weighted by Crippen LogP contribution is 2.47. The maximum atomic E-state index is 6.22. The highest BCUT2D eigenvalue weighted by atomic mass is 32.1. The quantitative estimate of drug-likeness (QED) is 0.168. The lowest BCUT2D eigenvalue weighted by Gasteiger charge is -2.24. The van der Waals surface area contributed by atoms with Crippen LogP contribution in [0.4, 0.5) is 32.8 Å². The summed E-state index contributed by atoms with van der Waals surface area (Å²) in [5, 5.41) is 4.53. The fourth-order valence-electron chi connectivity index (χ4n) is 6.76. The van der Waals surface area contributed by atoms with Crippen molar-refractivity contribution in [1.82, 2.24) is 0 Å². The predicted molar refractivity (Wildman–Crippen MR) is 212 cm³/mol. The van der Waals surface area contributed by atoms with Crippen molar-refractivity contribution in [2.45, 2.75) is 0 Å². The molecule has 0 spiro atoms. The number of benzene rings is 6. The van der Waals surface area contributed by atoms with Crippen molar-refractivity contribution >= 4 is 97.9 Å². The predicted octanol–water partition coefficient (Wildman–Crippen LogP) is 14.2. The van der Waals surface area contributed by atoms with Crippen LogP contribution in [0.3, 0.4) is 0 Å². The maximum Gasteiger partial charge on any atom is 0.148 e.